The summed E-state index contributed by atoms with van der Waals surface area (Å²) in [7, 11) is -3.58. The summed E-state index contributed by atoms with van der Waals surface area (Å²) in [5.41, 5.74) is 0.405. The smallest absolute Gasteiger partial charge is 0.248 e. The zero-order valence-corrected chi connectivity index (χ0v) is 16.2. The van der Waals surface area contributed by atoms with E-state index in [4.69, 9.17) is 9.26 Å². The van der Waals surface area contributed by atoms with E-state index in [0.717, 1.165) is 11.1 Å². The van der Waals surface area contributed by atoms with Crippen LogP contribution in [0.5, 0.6) is 5.75 Å². The molecule has 4 rings (SSSR count). The van der Waals surface area contributed by atoms with Gasteiger partial charge in [0.05, 0.1) is 0 Å². The number of aryl methyl sites for hydroxylation is 2. The van der Waals surface area contributed by atoms with Gasteiger partial charge < -0.3 is 9.26 Å². The molecule has 7 heteroatoms. The highest BCUT2D eigenvalue weighted by Crippen LogP contribution is 2.28. The molecule has 2 aromatic carbocycles. The summed E-state index contributed by atoms with van der Waals surface area (Å²) in [6.45, 7) is 4.12. The molecule has 1 aliphatic heterocycles. The van der Waals surface area contributed by atoms with Gasteiger partial charge in [0.1, 0.15) is 22.4 Å². The molecule has 0 bridgehead atoms. The second-order valence-corrected chi connectivity index (χ2v) is 8.76. The minimum absolute atomic E-state index is 0.00211. The Kier molecular flexibility index (Phi) is 4.65. The SMILES string of the molecule is Cc1noc(C)c1S(=O)(=O)N1CCC(Oc2ccc3ccccc3c2)CC1. The summed E-state index contributed by atoms with van der Waals surface area (Å²) in [6, 6.07) is 14.2. The number of ether oxygens (including phenoxy) is 1. The molecule has 0 N–H and O–H groups in total. The fourth-order valence-electron chi connectivity index (χ4n) is 3.60. The Labute approximate surface area is 158 Å². The van der Waals surface area contributed by atoms with Crippen LogP contribution in [0.25, 0.3) is 10.8 Å². The quantitative estimate of drug-likeness (QED) is 0.684. The van der Waals surface area contributed by atoms with Gasteiger partial charge in [0.15, 0.2) is 5.76 Å². The summed E-state index contributed by atoms with van der Waals surface area (Å²) in [6.07, 6.45) is 1.30. The number of sulfonamides is 1. The maximum absolute atomic E-state index is 12.9. The van der Waals surface area contributed by atoms with Gasteiger partial charge in [-0.05, 0) is 49.6 Å². The predicted octanol–water partition coefficient (Wildman–Crippen LogP) is 3.68. The highest BCUT2D eigenvalue weighted by atomic mass is 32.2. The van der Waals surface area contributed by atoms with Crippen LogP contribution >= 0.6 is 0 Å². The van der Waals surface area contributed by atoms with Crippen LogP contribution in [-0.4, -0.2) is 37.1 Å². The number of hydrogen-bond acceptors (Lipinski definition) is 5. The van der Waals surface area contributed by atoms with Crippen molar-refractivity contribution < 1.29 is 17.7 Å². The van der Waals surface area contributed by atoms with Crippen LogP contribution in [0.15, 0.2) is 51.9 Å². The van der Waals surface area contributed by atoms with E-state index < -0.39 is 10.0 Å². The van der Waals surface area contributed by atoms with Crippen LogP contribution in [-0.2, 0) is 10.0 Å². The molecule has 0 atom stereocenters. The van der Waals surface area contributed by atoms with E-state index in [9.17, 15) is 8.42 Å². The Balaban J connectivity index is 1.44. The lowest BCUT2D eigenvalue weighted by Gasteiger charge is -2.31. The normalized spacial score (nSPS) is 16.7. The van der Waals surface area contributed by atoms with Crippen LogP contribution in [0.3, 0.4) is 0 Å². The van der Waals surface area contributed by atoms with Gasteiger partial charge in [-0.1, -0.05) is 35.5 Å². The number of fused-ring (bicyclic) bond motifs is 1. The van der Waals surface area contributed by atoms with Gasteiger partial charge in [0, 0.05) is 13.1 Å². The van der Waals surface area contributed by atoms with Gasteiger partial charge in [-0.15, -0.1) is 0 Å². The maximum atomic E-state index is 12.9. The zero-order chi connectivity index (χ0) is 19.0. The molecule has 142 valence electrons. The summed E-state index contributed by atoms with van der Waals surface area (Å²) in [5.74, 6) is 1.16. The number of benzene rings is 2. The first kappa shape index (κ1) is 18.0. The molecule has 0 spiro atoms. The van der Waals surface area contributed by atoms with E-state index >= 15 is 0 Å². The maximum Gasteiger partial charge on any atom is 0.248 e. The van der Waals surface area contributed by atoms with Crippen molar-refractivity contribution in [3.63, 3.8) is 0 Å². The van der Waals surface area contributed by atoms with Crippen molar-refractivity contribution in [2.24, 2.45) is 0 Å². The second-order valence-electron chi connectivity index (χ2n) is 6.88. The zero-order valence-electron chi connectivity index (χ0n) is 15.4. The largest absolute Gasteiger partial charge is 0.490 e. The Morgan fingerprint density at radius 2 is 1.78 bits per heavy atom. The third-order valence-electron chi connectivity index (χ3n) is 4.99. The van der Waals surface area contributed by atoms with Crippen molar-refractivity contribution in [2.75, 3.05) is 13.1 Å². The molecule has 1 aromatic heterocycles. The highest BCUT2D eigenvalue weighted by Gasteiger charge is 2.34. The lowest BCUT2D eigenvalue weighted by Crippen LogP contribution is -2.42. The Hall–Kier alpha value is -2.38. The third-order valence-corrected chi connectivity index (χ3v) is 7.13. The van der Waals surface area contributed by atoms with E-state index in [1.54, 1.807) is 13.8 Å². The Bertz CT molecular complexity index is 1050. The molecule has 1 fully saturated rings. The van der Waals surface area contributed by atoms with E-state index in [0.29, 0.717) is 37.4 Å². The number of rotatable bonds is 4. The molecule has 0 amide bonds. The standard InChI is InChI=1S/C20H22N2O4S/c1-14-20(15(2)26-21-14)27(23,24)22-11-9-18(10-12-22)25-19-8-7-16-5-3-4-6-17(16)13-19/h3-8,13,18H,9-12H2,1-2H3. The highest BCUT2D eigenvalue weighted by molar-refractivity contribution is 7.89. The van der Waals surface area contributed by atoms with Crippen molar-refractivity contribution in [3.8, 4) is 5.75 Å². The summed E-state index contributed by atoms with van der Waals surface area (Å²) < 4.78 is 38.4. The first-order chi connectivity index (χ1) is 12.9. The number of hydrogen-bond donors (Lipinski definition) is 0. The summed E-state index contributed by atoms with van der Waals surface area (Å²) >= 11 is 0. The van der Waals surface area contributed by atoms with Crippen molar-refractivity contribution in [3.05, 3.63) is 53.9 Å². The lowest BCUT2D eigenvalue weighted by atomic mass is 10.1. The van der Waals surface area contributed by atoms with E-state index in [2.05, 4.69) is 17.3 Å². The van der Waals surface area contributed by atoms with Crippen LogP contribution in [0, 0.1) is 13.8 Å². The van der Waals surface area contributed by atoms with Crippen LogP contribution in [0.1, 0.15) is 24.3 Å². The van der Waals surface area contributed by atoms with E-state index in [1.165, 1.54) is 9.69 Å². The first-order valence-corrected chi connectivity index (χ1v) is 10.5. The molecule has 3 aromatic rings. The van der Waals surface area contributed by atoms with Crippen LogP contribution in [0.2, 0.25) is 0 Å². The monoisotopic (exact) mass is 386 g/mol. The van der Waals surface area contributed by atoms with Crippen LogP contribution < -0.4 is 4.74 Å². The topological polar surface area (TPSA) is 72.6 Å². The second kappa shape index (κ2) is 6.98. The molecule has 1 aliphatic rings. The molecular weight excluding hydrogens is 364 g/mol. The van der Waals surface area contributed by atoms with Gasteiger partial charge in [-0.3, -0.25) is 0 Å². The molecule has 2 heterocycles. The molecule has 0 saturated carbocycles. The first-order valence-electron chi connectivity index (χ1n) is 9.03. The molecule has 0 unspecified atom stereocenters. The van der Waals surface area contributed by atoms with Crippen LogP contribution in [0.4, 0.5) is 0 Å². The average molecular weight is 386 g/mol. The molecule has 1 saturated heterocycles. The Morgan fingerprint density at radius 3 is 2.44 bits per heavy atom. The van der Waals surface area contributed by atoms with E-state index in [-0.39, 0.29) is 11.0 Å². The van der Waals surface area contributed by atoms with Gasteiger partial charge in [-0.25, -0.2) is 8.42 Å². The van der Waals surface area contributed by atoms with Crippen molar-refractivity contribution in [2.45, 2.75) is 37.7 Å². The van der Waals surface area contributed by atoms with Gasteiger partial charge in [0.25, 0.3) is 0 Å². The minimum atomic E-state index is -3.58. The predicted molar refractivity (Wildman–Crippen MR) is 102 cm³/mol. The molecule has 27 heavy (non-hydrogen) atoms. The van der Waals surface area contributed by atoms with E-state index in [1.807, 2.05) is 30.3 Å². The lowest BCUT2D eigenvalue weighted by molar-refractivity contribution is 0.135. The van der Waals surface area contributed by atoms with Gasteiger partial charge in [-0.2, -0.15) is 4.31 Å². The summed E-state index contributed by atoms with van der Waals surface area (Å²) in [5, 5.41) is 6.07. The molecule has 0 radical (unpaired) electrons. The van der Waals surface area contributed by atoms with Crippen molar-refractivity contribution >= 4 is 20.8 Å². The van der Waals surface area contributed by atoms with Gasteiger partial charge in [0.2, 0.25) is 10.0 Å². The van der Waals surface area contributed by atoms with Crippen molar-refractivity contribution in [1.82, 2.24) is 9.46 Å². The molecular formula is C20H22N2O4S. The number of nitrogens with zero attached hydrogens (tertiary/aromatic N) is 2. The fourth-order valence-corrected chi connectivity index (χ4v) is 5.36. The summed E-state index contributed by atoms with van der Waals surface area (Å²) in [4.78, 5) is 0.191. The molecule has 0 aliphatic carbocycles. The Morgan fingerprint density at radius 1 is 1.07 bits per heavy atom. The third kappa shape index (κ3) is 3.44. The average Bonchev–Trinajstić information content (AvgIpc) is 3.01. The number of piperidine rings is 1. The van der Waals surface area contributed by atoms with Gasteiger partial charge >= 0.3 is 0 Å². The minimum Gasteiger partial charge on any atom is -0.490 e. The fraction of sp³-hybridized carbons (Fsp3) is 0.350. The molecule has 6 nitrogen and oxygen atoms in total. The van der Waals surface area contributed by atoms with Crippen molar-refractivity contribution in [1.29, 1.82) is 0 Å². The number of aromatic nitrogens is 1.